The van der Waals surface area contributed by atoms with Crippen molar-refractivity contribution >= 4 is 11.7 Å². The molecule has 1 N–H and O–H groups in total. The fraction of sp³-hybridized carbons (Fsp3) is 0.500. The van der Waals surface area contributed by atoms with Crippen LogP contribution in [0.5, 0.6) is 0 Å². The zero-order valence-electron chi connectivity index (χ0n) is 10.4. The number of aryl methyl sites for hydroxylation is 1. The van der Waals surface area contributed by atoms with Crippen LogP contribution in [0.25, 0.3) is 0 Å². The largest absolute Gasteiger partial charge is 0.478 e. The van der Waals surface area contributed by atoms with E-state index < -0.39 is 5.97 Å². The van der Waals surface area contributed by atoms with E-state index in [1.165, 1.54) is 12.8 Å². The first kappa shape index (κ1) is 12.0. The predicted molar refractivity (Wildman–Crippen MR) is 68.8 cm³/mol. The number of carbonyl (C=O) groups is 1. The van der Waals surface area contributed by atoms with Crippen molar-refractivity contribution in [1.29, 1.82) is 0 Å². The third-order valence-electron chi connectivity index (χ3n) is 3.22. The quantitative estimate of drug-likeness (QED) is 0.849. The zero-order chi connectivity index (χ0) is 12.4. The summed E-state index contributed by atoms with van der Waals surface area (Å²) < 4.78 is 0. The molecule has 0 saturated heterocycles. The molecule has 0 spiro atoms. The van der Waals surface area contributed by atoms with Gasteiger partial charge >= 0.3 is 5.97 Å². The van der Waals surface area contributed by atoms with Gasteiger partial charge in [0.2, 0.25) is 0 Å². The van der Waals surface area contributed by atoms with Gasteiger partial charge in [-0.15, -0.1) is 0 Å². The second-order valence-corrected chi connectivity index (χ2v) is 4.73. The molecule has 1 saturated carbocycles. The standard InChI is InChI=1S/C14H19NO2/c1-3-8-15(11-4-5-11)12-6-7-13(14(16)17)10(2)9-12/h6-7,9,11H,3-5,8H2,1-2H3,(H,16,17). The molecule has 0 unspecified atom stereocenters. The van der Waals surface area contributed by atoms with Crippen molar-refractivity contribution in [3.05, 3.63) is 29.3 Å². The van der Waals surface area contributed by atoms with Crippen LogP contribution in [0.15, 0.2) is 18.2 Å². The summed E-state index contributed by atoms with van der Waals surface area (Å²) in [4.78, 5) is 13.4. The van der Waals surface area contributed by atoms with Crippen molar-refractivity contribution in [2.75, 3.05) is 11.4 Å². The lowest BCUT2D eigenvalue weighted by atomic mass is 10.1. The summed E-state index contributed by atoms with van der Waals surface area (Å²) in [6.45, 7) is 5.09. The van der Waals surface area contributed by atoms with Gasteiger partial charge in [-0.3, -0.25) is 0 Å². The highest BCUT2D eigenvalue weighted by Crippen LogP contribution is 2.32. The van der Waals surface area contributed by atoms with Crippen LogP contribution in [0, 0.1) is 6.92 Å². The number of hydrogen-bond acceptors (Lipinski definition) is 2. The molecule has 1 fully saturated rings. The summed E-state index contributed by atoms with van der Waals surface area (Å²) >= 11 is 0. The smallest absolute Gasteiger partial charge is 0.335 e. The van der Waals surface area contributed by atoms with Gasteiger partial charge in [0.25, 0.3) is 0 Å². The Hall–Kier alpha value is -1.51. The summed E-state index contributed by atoms with van der Waals surface area (Å²) in [5, 5.41) is 9.01. The Balaban J connectivity index is 2.25. The highest BCUT2D eigenvalue weighted by molar-refractivity contribution is 5.89. The molecular formula is C14H19NO2. The van der Waals surface area contributed by atoms with Gasteiger partial charge in [-0.2, -0.15) is 0 Å². The average Bonchev–Trinajstić information content (AvgIpc) is 3.09. The van der Waals surface area contributed by atoms with Gasteiger partial charge in [0.05, 0.1) is 5.56 Å². The lowest BCUT2D eigenvalue weighted by Gasteiger charge is -2.24. The molecule has 0 bridgehead atoms. The van der Waals surface area contributed by atoms with E-state index in [1.807, 2.05) is 19.1 Å². The molecule has 1 aliphatic rings. The number of aromatic carboxylic acids is 1. The summed E-state index contributed by atoms with van der Waals surface area (Å²) in [5.74, 6) is -0.845. The molecule has 92 valence electrons. The van der Waals surface area contributed by atoms with E-state index in [-0.39, 0.29) is 0 Å². The molecule has 1 aromatic rings. The Bertz CT molecular complexity index is 424. The topological polar surface area (TPSA) is 40.5 Å². The van der Waals surface area contributed by atoms with Gasteiger partial charge in [-0.25, -0.2) is 4.79 Å². The van der Waals surface area contributed by atoms with Crippen LogP contribution in [-0.2, 0) is 0 Å². The van der Waals surface area contributed by atoms with E-state index in [9.17, 15) is 4.79 Å². The Kier molecular flexibility index (Phi) is 3.36. The van der Waals surface area contributed by atoms with Crippen LogP contribution in [0.3, 0.4) is 0 Å². The summed E-state index contributed by atoms with van der Waals surface area (Å²) in [6.07, 6.45) is 3.65. The molecule has 0 radical (unpaired) electrons. The molecule has 17 heavy (non-hydrogen) atoms. The molecular weight excluding hydrogens is 214 g/mol. The summed E-state index contributed by atoms with van der Waals surface area (Å²) in [6, 6.07) is 6.32. The van der Waals surface area contributed by atoms with Gasteiger partial charge < -0.3 is 10.0 Å². The van der Waals surface area contributed by atoms with Gasteiger partial charge in [-0.1, -0.05) is 6.92 Å². The van der Waals surface area contributed by atoms with Crippen molar-refractivity contribution < 1.29 is 9.90 Å². The normalized spacial score (nSPS) is 14.7. The van der Waals surface area contributed by atoms with Crippen LogP contribution >= 0.6 is 0 Å². The molecule has 0 atom stereocenters. The number of nitrogens with zero attached hydrogens (tertiary/aromatic N) is 1. The first-order chi connectivity index (χ1) is 8.13. The van der Waals surface area contributed by atoms with Crippen LogP contribution in [0.2, 0.25) is 0 Å². The van der Waals surface area contributed by atoms with E-state index in [4.69, 9.17) is 5.11 Å². The van der Waals surface area contributed by atoms with E-state index in [0.29, 0.717) is 11.6 Å². The first-order valence-corrected chi connectivity index (χ1v) is 6.24. The van der Waals surface area contributed by atoms with E-state index in [1.54, 1.807) is 6.07 Å². The first-order valence-electron chi connectivity index (χ1n) is 6.24. The molecule has 0 heterocycles. The second kappa shape index (κ2) is 4.78. The SMILES string of the molecule is CCCN(c1ccc(C(=O)O)c(C)c1)C1CC1. The van der Waals surface area contributed by atoms with Gasteiger partial charge in [0, 0.05) is 18.3 Å². The minimum atomic E-state index is -0.845. The van der Waals surface area contributed by atoms with Crippen LogP contribution < -0.4 is 4.90 Å². The van der Waals surface area contributed by atoms with E-state index >= 15 is 0 Å². The van der Waals surface area contributed by atoms with Crippen LogP contribution in [0.4, 0.5) is 5.69 Å². The van der Waals surface area contributed by atoms with Crippen molar-refractivity contribution in [3.63, 3.8) is 0 Å². The van der Waals surface area contributed by atoms with E-state index in [0.717, 1.165) is 24.2 Å². The van der Waals surface area contributed by atoms with Gasteiger partial charge in [0.1, 0.15) is 0 Å². The van der Waals surface area contributed by atoms with Crippen LogP contribution in [0.1, 0.15) is 42.1 Å². The number of hydrogen-bond donors (Lipinski definition) is 1. The third kappa shape index (κ3) is 2.60. The number of carboxylic acids is 1. The molecule has 0 aromatic heterocycles. The predicted octanol–water partition coefficient (Wildman–Crippen LogP) is 3.07. The summed E-state index contributed by atoms with van der Waals surface area (Å²) in [5.41, 5.74) is 2.41. The lowest BCUT2D eigenvalue weighted by molar-refractivity contribution is 0.0696. The average molecular weight is 233 g/mol. The molecule has 1 aromatic carbocycles. The van der Waals surface area contributed by atoms with Crippen molar-refractivity contribution in [1.82, 2.24) is 0 Å². The lowest BCUT2D eigenvalue weighted by Crippen LogP contribution is -2.26. The minimum absolute atomic E-state index is 0.404. The molecule has 1 aliphatic carbocycles. The Morgan fingerprint density at radius 2 is 2.18 bits per heavy atom. The van der Waals surface area contributed by atoms with Crippen molar-refractivity contribution in [2.45, 2.75) is 39.2 Å². The molecule has 0 amide bonds. The zero-order valence-corrected chi connectivity index (χ0v) is 10.4. The monoisotopic (exact) mass is 233 g/mol. The minimum Gasteiger partial charge on any atom is -0.478 e. The van der Waals surface area contributed by atoms with Crippen LogP contribution in [-0.4, -0.2) is 23.7 Å². The Morgan fingerprint density at radius 3 is 2.65 bits per heavy atom. The fourth-order valence-corrected chi connectivity index (χ4v) is 2.22. The van der Waals surface area contributed by atoms with Crippen molar-refractivity contribution in [3.8, 4) is 0 Å². The fourth-order valence-electron chi connectivity index (χ4n) is 2.22. The molecule has 0 aliphatic heterocycles. The molecule has 3 heteroatoms. The number of rotatable bonds is 5. The Labute approximate surface area is 102 Å². The molecule has 3 nitrogen and oxygen atoms in total. The van der Waals surface area contributed by atoms with Gasteiger partial charge in [0.15, 0.2) is 0 Å². The van der Waals surface area contributed by atoms with Gasteiger partial charge in [-0.05, 0) is 49.9 Å². The van der Waals surface area contributed by atoms with Crippen molar-refractivity contribution in [2.24, 2.45) is 0 Å². The highest BCUT2D eigenvalue weighted by Gasteiger charge is 2.28. The highest BCUT2D eigenvalue weighted by atomic mass is 16.4. The maximum absolute atomic E-state index is 11.0. The maximum atomic E-state index is 11.0. The number of benzene rings is 1. The second-order valence-electron chi connectivity index (χ2n) is 4.73. The maximum Gasteiger partial charge on any atom is 0.335 e. The third-order valence-corrected chi connectivity index (χ3v) is 3.22. The number of anilines is 1. The Morgan fingerprint density at radius 1 is 1.47 bits per heavy atom. The summed E-state index contributed by atoms with van der Waals surface area (Å²) in [7, 11) is 0. The molecule has 2 rings (SSSR count). The van der Waals surface area contributed by atoms with E-state index in [2.05, 4.69) is 11.8 Å². The number of carboxylic acid groups (broad SMARTS) is 1.